The Morgan fingerprint density at radius 3 is 2.78 bits per heavy atom. The number of nitrogens with zero attached hydrogens (tertiary/aromatic N) is 3. The van der Waals surface area contributed by atoms with Crippen LogP contribution in [0.4, 0.5) is 15.3 Å². The number of ether oxygens (including phenoxy) is 1. The lowest BCUT2D eigenvalue weighted by molar-refractivity contribution is 0.0602. The molecule has 0 atom stereocenters. The Bertz CT molecular complexity index is 968. The molecule has 1 aromatic carbocycles. The van der Waals surface area contributed by atoms with Crippen molar-refractivity contribution in [3.63, 3.8) is 0 Å². The summed E-state index contributed by atoms with van der Waals surface area (Å²) >= 11 is 6.65. The molecule has 27 heavy (non-hydrogen) atoms. The van der Waals surface area contributed by atoms with Crippen molar-refractivity contribution >= 4 is 45.6 Å². The van der Waals surface area contributed by atoms with Crippen LogP contribution < -0.4 is 10.6 Å². The predicted octanol–water partition coefficient (Wildman–Crippen LogP) is 3.43. The number of nitrogens with one attached hydrogen (secondary N) is 2. The number of carbonyl (C=O) groups excluding carboxylic acids is 1. The van der Waals surface area contributed by atoms with Gasteiger partial charge in [-0.15, -0.1) is 16.4 Å². The molecule has 10 heteroatoms. The quantitative estimate of drug-likeness (QED) is 0.497. The minimum Gasteiger partial charge on any atom is -0.465 e. The topological polar surface area (TPSA) is 81.1 Å². The van der Waals surface area contributed by atoms with Crippen LogP contribution >= 0.6 is 23.6 Å². The number of benzene rings is 1. The summed E-state index contributed by atoms with van der Waals surface area (Å²) in [5.41, 5.74) is 1.31. The van der Waals surface area contributed by atoms with Gasteiger partial charge in [-0.25, -0.2) is 18.9 Å². The second kappa shape index (κ2) is 8.23. The molecule has 2 N–H and O–H groups in total. The monoisotopic (exact) mass is 405 g/mol. The third-order valence-corrected chi connectivity index (χ3v) is 4.68. The van der Waals surface area contributed by atoms with Crippen molar-refractivity contribution in [2.45, 2.75) is 13.5 Å². The lowest BCUT2D eigenvalue weighted by atomic mass is 10.2. The zero-order valence-electron chi connectivity index (χ0n) is 14.5. The maximum Gasteiger partial charge on any atom is 0.340 e. The normalized spacial score (nSPS) is 10.5. The average molecular weight is 405 g/mol. The number of hydrogen-bond donors (Lipinski definition) is 2. The van der Waals surface area contributed by atoms with Crippen LogP contribution in [0.5, 0.6) is 0 Å². The molecular formula is C17H16FN5O2S2. The summed E-state index contributed by atoms with van der Waals surface area (Å²) < 4.78 is 19.3. The highest BCUT2D eigenvalue weighted by atomic mass is 32.1. The van der Waals surface area contributed by atoms with Gasteiger partial charge in [0.15, 0.2) is 5.11 Å². The highest BCUT2D eigenvalue weighted by Crippen LogP contribution is 2.28. The van der Waals surface area contributed by atoms with Crippen molar-refractivity contribution in [2.24, 2.45) is 0 Å². The van der Waals surface area contributed by atoms with Gasteiger partial charge in [-0.05, 0) is 42.9 Å². The number of aromatic nitrogens is 3. The fourth-order valence-corrected chi connectivity index (χ4v) is 3.47. The molecule has 0 aliphatic rings. The van der Waals surface area contributed by atoms with Crippen molar-refractivity contribution < 1.29 is 13.9 Å². The molecule has 0 unspecified atom stereocenters. The summed E-state index contributed by atoms with van der Waals surface area (Å²) in [7, 11) is 1.33. The molecule has 0 radical (unpaired) electrons. The van der Waals surface area contributed by atoms with Crippen molar-refractivity contribution in [3.8, 4) is 0 Å². The fraction of sp³-hybridized carbons (Fsp3) is 0.176. The molecule has 2 aromatic heterocycles. The van der Waals surface area contributed by atoms with E-state index < -0.39 is 5.97 Å². The second-order valence-corrected chi connectivity index (χ2v) is 7.23. The molecule has 0 saturated carbocycles. The highest BCUT2D eigenvalue weighted by molar-refractivity contribution is 7.80. The van der Waals surface area contributed by atoms with Gasteiger partial charge in [-0.1, -0.05) is 12.1 Å². The van der Waals surface area contributed by atoms with Gasteiger partial charge in [0.2, 0.25) is 5.95 Å². The molecule has 3 rings (SSSR count). The van der Waals surface area contributed by atoms with Gasteiger partial charge < -0.3 is 10.1 Å². The molecule has 0 spiro atoms. The molecule has 0 fully saturated rings. The molecule has 140 valence electrons. The minimum absolute atomic E-state index is 0.251. The van der Waals surface area contributed by atoms with E-state index in [-0.39, 0.29) is 10.9 Å². The van der Waals surface area contributed by atoms with Crippen molar-refractivity contribution in [1.82, 2.24) is 14.8 Å². The van der Waals surface area contributed by atoms with Crippen LogP contribution in [0.25, 0.3) is 0 Å². The predicted molar refractivity (Wildman–Crippen MR) is 106 cm³/mol. The molecule has 0 amide bonds. The molecule has 0 bridgehead atoms. The first kappa shape index (κ1) is 18.9. The lowest BCUT2D eigenvalue weighted by Gasteiger charge is -2.07. The third-order valence-electron chi connectivity index (χ3n) is 3.51. The van der Waals surface area contributed by atoms with Gasteiger partial charge in [-0.2, -0.15) is 0 Å². The van der Waals surface area contributed by atoms with Gasteiger partial charge in [0, 0.05) is 4.88 Å². The van der Waals surface area contributed by atoms with E-state index in [0.717, 1.165) is 10.4 Å². The first-order chi connectivity index (χ1) is 12.9. The summed E-state index contributed by atoms with van der Waals surface area (Å²) in [6.07, 6.45) is 1.55. The summed E-state index contributed by atoms with van der Waals surface area (Å²) in [6.45, 7) is 2.34. The molecule has 2 heterocycles. The fourth-order valence-electron chi connectivity index (χ4n) is 2.31. The Hall–Kier alpha value is -2.85. The molecule has 0 aliphatic carbocycles. The van der Waals surface area contributed by atoms with E-state index in [0.29, 0.717) is 23.1 Å². The summed E-state index contributed by atoms with van der Waals surface area (Å²) in [5, 5.41) is 10.9. The van der Waals surface area contributed by atoms with Gasteiger partial charge in [0.05, 0.1) is 19.2 Å². The molecule has 7 nitrogen and oxygen atoms in total. The number of thiocarbonyl (C=S) groups is 1. The van der Waals surface area contributed by atoms with Crippen molar-refractivity contribution in [1.29, 1.82) is 0 Å². The van der Waals surface area contributed by atoms with E-state index in [1.807, 2.05) is 6.92 Å². The number of thiophene rings is 1. The Kier molecular flexibility index (Phi) is 5.77. The number of esters is 1. The van der Waals surface area contributed by atoms with Crippen LogP contribution in [0.15, 0.2) is 36.7 Å². The number of anilines is 2. The maximum absolute atomic E-state index is 13.0. The van der Waals surface area contributed by atoms with Crippen LogP contribution in [-0.4, -0.2) is 33.0 Å². The Labute approximate surface area is 164 Å². The van der Waals surface area contributed by atoms with Gasteiger partial charge in [0.1, 0.15) is 17.1 Å². The number of methoxy groups -OCH3 is 1. The largest absolute Gasteiger partial charge is 0.465 e. The van der Waals surface area contributed by atoms with Gasteiger partial charge in [0.25, 0.3) is 0 Å². The molecule has 0 aliphatic heterocycles. The van der Waals surface area contributed by atoms with E-state index in [1.54, 1.807) is 29.2 Å². The van der Waals surface area contributed by atoms with E-state index in [1.165, 1.54) is 30.6 Å². The highest BCUT2D eigenvalue weighted by Gasteiger charge is 2.16. The zero-order chi connectivity index (χ0) is 19.4. The van der Waals surface area contributed by atoms with Crippen LogP contribution in [0, 0.1) is 12.7 Å². The van der Waals surface area contributed by atoms with E-state index in [2.05, 4.69) is 20.7 Å². The SMILES string of the molecule is COC(=O)c1cc(C)sc1NC(=S)Nc1ncn(Cc2ccc(F)cc2)n1. The van der Waals surface area contributed by atoms with Gasteiger partial charge in [-0.3, -0.25) is 5.32 Å². The standard InChI is InChI=1S/C17H16FN5O2S2/c1-10-7-13(15(24)25-2)14(27-10)20-17(26)21-16-19-9-23(22-16)8-11-3-5-12(18)6-4-11/h3-7,9H,8H2,1-2H3,(H2,20,21,22,26). The number of carbonyl (C=O) groups is 1. The number of aryl methyl sites for hydroxylation is 1. The van der Waals surface area contributed by atoms with Crippen LogP contribution in [0.1, 0.15) is 20.8 Å². The molecule has 3 aromatic rings. The number of hydrogen-bond acceptors (Lipinski definition) is 6. The summed E-state index contributed by atoms with van der Waals surface area (Å²) in [4.78, 5) is 16.9. The van der Waals surface area contributed by atoms with Crippen molar-refractivity contribution in [2.75, 3.05) is 17.7 Å². The Morgan fingerprint density at radius 1 is 1.33 bits per heavy atom. The smallest absolute Gasteiger partial charge is 0.340 e. The molecule has 0 saturated heterocycles. The summed E-state index contributed by atoms with van der Waals surface area (Å²) in [6, 6.07) is 7.89. The third kappa shape index (κ3) is 4.86. The second-order valence-electron chi connectivity index (χ2n) is 5.56. The van der Waals surface area contributed by atoms with Gasteiger partial charge >= 0.3 is 5.97 Å². The average Bonchev–Trinajstić information content (AvgIpc) is 3.22. The first-order valence-corrected chi connectivity index (χ1v) is 9.07. The number of rotatable bonds is 5. The van der Waals surface area contributed by atoms with Crippen molar-refractivity contribution in [3.05, 3.63) is 58.5 Å². The first-order valence-electron chi connectivity index (χ1n) is 7.85. The van der Waals surface area contributed by atoms with E-state index >= 15 is 0 Å². The van der Waals surface area contributed by atoms with E-state index in [9.17, 15) is 9.18 Å². The molecular weight excluding hydrogens is 389 g/mol. The van der Waals surface area contributed by atoms with Crippen LogP contribution in [0.2, 0.25) is 0 Å². The summed E-state index contributed by atoms with van der Waals surface area (Å²) in [5.74, 6) is -0.417. The zero-order valence-corrected chi connectivity index (χ0v) is 16.2. The Morgan fingerprint density at radius 2 is 2.07 bits per heavy atom. The van der Waals surface area contributed by atoms with Crippen LogP contribution in [0.3, 0.4) is 0 Å². The minimum atomic E-state index is -0.439. The lowest BCUT2D eigenvalue weighted by Crippen LogP contribution is -2.20. The van der Waals surface area contributed by atoms with E-state index in [4.69, 9.17) is 17.0 Å². The maximum atomic E-state index is 13.0. The van der Waals surface area contributed by atoms with Crippen LogP contribution in [-0.2, 0) is 11.3 Å². The Balaban J connectivity index is 1.63. The number of halogens is 1.